The van der Waals surface area contributed by atoms with Crippen molar-refractivity contribution in [3.05, 3.63) is 12.2 Å². The Balaban J connectivity index is 2.92. The minimum Gasteiger partial charge on any atom is -0.390 e. The third kappa shape index (κ3) is 4.43. The first-order valence-electron chi connectivity index (χ1n) is 7.23. The Bertz CT molecular complexity index is 342. The van der Waals surface area contributed by atoms with E-state index in [0.29, 0.717) is 19.3 Å². The summed E-state index contributed by atoms with van der Waals surface area (Å²) in [5.74, 6) is 0.229. The van der Waals surface area contributed by atoms with E-state index in [1.54, 1.807) is 0 Å². The van der Waals surface area contributed by atoms with Crippen molar-refractivity contribution >= 4 is 5.78 Å². The molecule has 0 bridgehead atoms. The van der Waals surface area contributed by atoms with E-state index in [2.05, 4.69) is 0 Å². The van der Waals surface area contributed by atoms with E-state index in [-0.39, 0.29) is 11.2 Å². The molecular weight excluding hydrogens is 240 g/mol. The van der Waals surface area contributed by atoms with Crippen LogP contribution in [0.4, 0.5) is 0 Å². The fourth-order valence-corrected chi connectivity index (χ4v) is 2.78. The van der Waals surface area contributed by atoms with Crippen molar-refractivity contribution in [1.82, 2.24) is 0 Å². The Morgan fingerprint density at radius 2 is 1.58 bits per heavy atom. The van der Waals surface area contributed by atoms with Crippen molar-refractivity contribution in [3.63, 3.8) is 0 Å². The summed E-state index contributed by atoms with van der Waals surface area (Å²) >= 11 is 0. The highest BCUT2D eigenvalue weighted by Gasteiger charge is 2.38. The van der Waals surface area contributed by atoms with Crippen LogP contribution in [-0.2, 0) is 4.79 Å². The zero-order chi connectivity index (χ0) is 14.7. The van der Waals surface area contributed by atoms with Crippen LogP contribution in [0.25, 0.3) is 0 Å². The van der Waals surface area contributed by atoms with Crippen LogP contribution >= 0.6 is 0 Å². The standard InChI is InChI=1S/C16H28O3/c1-15(2)10-7-5-6-8-12(17)13(18)9-11-16(3,4)14(15)19/h5,7,12-13,17-18H,6,8-11H2,1-4H3/b7-5-. The lowest BCUT2D eigenvalue weighted by molar-refractivity contribution is -0.136. The van der Waals surface area contributed by atoms with E-state index >= 15 is 0 Å². The smallest absolute Gasteiger partial charge is 0.144 e. The van der Waals surface area contributed by atoms with Crippen molar-refractivity contribution < 1.29 is 15.0 Å². The summed E-state index contributed by atoms with van der Waals surface area (Å²) in [6.45, 7) is 7.84. The lowest BCUT2D eigenvalue weighted by Gasteiger charge is -2.34. The van der Waals surface area contributed by atoms with Crippen molar-refractivity contribution in [3.8, 4) is 0 Å². The summed E-state index contributed by atoms with van der Waals surface area (Å²) in [5, 5.41) is 19.8. The van der Waals surface area contributed by atoms with Gasteiger partial charge in [0.2, 0.25) is 0 Å². The molecule has 0 aliphatic heterocycles. The quantitative estimate of drug-likeness (QED) is 0.664. The molecule has 3 nitrogen and oxygen atoms in total. The third-order valence-corrected chi connectivity index (χ3v) is 4.16. The van der Waals surface area contributed by atoms with Crippen molar-refractivity contribution in [1.29, 1.82) is 0 Å². The maximum Gasteiger partial charge on any atom is 0.144 e. The number of allylic oxidation sites excluding steroid dienone is 2. The molecule has 0 radical (unpaired) electrons. The van der Waals surface area contributed by atoms with E-state index in [9.17, 15) is 15.0 Å². The van der Waals surface area contributed by atoms with E-state index in [4.69, 9.17) is 0 Å². The van der Waals surface area contributed by atoms with Gasteiger partial charge in [-0.25, -0.2) is 0 Å². The predicted octanol–water partition coefficient (Wildman–Crippen LogP) is 2.85. The molecule has 1 aliphatic carbocycles. The molecular formula is C16H28O3. The Kier molecular flexibility index (Phi) is 5.34. The SMILES string of the molecule is CC1(C)C/C=C\CCC(O)C(O)CCC(C)(C)C1=O. The molecule has 1 aliphatic rings. The zero-order valence-corrected chi connectivity index (χ0v) is 12.6. The number of rotatable bonds is 0. The van der Waals surface area contributed by atoms with E-state index in [0.717, 1.165) is 12.8 Å². The molecule has 0 aromatic heterocycles. The van der Waals surface area contributed by atoms with Crippen LogP contribution in [0.1, 0.15) is 59.8 Å². The van der Waals surface area contributed by atoms with Gasteiger partial charge < -0.3 is 10.2 Å². The molecule has 0 fully saturated rings. The Hall–Kier alpha value is -0.670. The number of hydrogen-bond donors (Lipinski definition) is 2. The Labute approximate surface area is 116 Å². The minimum atomic E-state index is -0.733. The highest BCUT2D eigenvalue weighted by molar-refractivity contribution is 5.89. The molecule has 0 saturated carbocycles. The van der Waals surface area contributed by atoms with Gasteiger partial charge in [-0.3, -0.25) is 4.79 Å². The van der Waals surface area contributed by atoms with Gasteiger partial charge in [-0.05, 0) is 32.1 Å². The maximum absolute atomic E-state index is 12.6. The first-order valence-corrected chi connectivity index (χ1v) is 7.23. The highest BCUT2D eigenvalue weighted by atomic mass is 16.3. The molecule has 110 valence electrons. The molecule has 0 aromatic rings. The molecule has 0 saturated heterocycles. The number of Topliss-reactive ketones (excluding diaryl/α,β-unsaturated/α-hetero) is 1. The first kappa shape index (κ1) is 16.4. The second kappa shape index (κ2) is 6.19. The fraction of sp³-hybridized carbons (Fsp3) is 0.812. The molecule has 2 atom stereocenters. The van der Waals surface area contributed by atoms with Crippen LogP contribution in [0.3, 0.4) is 0 Å². The van der Waals surface area contributed by atoms with Crippen LogP contribution < -0.4 is 0 Å². The molecule has 2 unspecified atom stereocenters. The first-order chi connectivity index (χ1) is 8.67. The number of ketones is 1. The average molecular weight is 268 g/mol. The lowest BCUT2D eigenvalue weighted by Crippen LogP contribution is -2.38. The number of carbonyl (C=O) groups excluding carboxylic acids is 1. The van der Waals surface area contributed by atoms with Crippen LogP contribution in [-0.4, -0.2) is 28.2 Å². The van der Waals surface area contributed by atoms with Gasteiger partial charge in [0.25, 0.3) is 0 Å². The second-order valence-corrected chi connectivity index (χ2v) is 7.02. The van der Waals surface area contributed by atoms with E-state index in [1.165, 1.54) is 0 Å². The van der Waals surface area contributed by atoms with Gasteiger partial charge in [0.1, 0.15) is 5.78 Å². The van der Waals surface area contributed by atoms with Crippen LogP contribution in [0.5, 0.6) is 0 Å². The molecule has 3 heteroatoms. The fourth-order valence-electron chi connectivity index (χ4n) is 2.78. The van der Waals surface area contributed by atoms with Crippen LogP contribution in [0, 0.1) is 10.8 Å². The molecule has 19 heavy (non-hydrogen) atoms. The highest BCUT2D eigenvalue weighted by Crippen LogP contribution is 2.36. The van der Waals surface area contributed by atoms with Crippen molar-refractivity contribution in [2.75, 3.05) is 0 Å². The number of carbonyl (C=O) groups is 1. The molecule has 0 amide bonds. The van der Waals surface area contributed by atoms with E-state index in [1.807, 2.05) is 39.8 Å². The van der Waals surface area contributed by atoms with Gasteiger partial charge in [0.05, 0.1) is 12.2 Å². The van der Waals surface area contributed by atoms with Gasteiger partial charge in [-0.1, -0.05) is 39.8 Å². The van der Waals surface area contributed by atoms with Gasteiger partial charge in [0.15, 0.2) is 0 Å². The third-order valence-electron chi connectivity index (χ3n) is 4.16. The van der Waals surface area contributed by atoms with Crippen molar-refractivity contribution in [2.45, 2.75) is 72.0 Å². The number of aliphatic hydroxyl groups excluding tert-OH is 2. The lowest BCUT2D eigenvalue weighted by atomic mass is 9.69. The number of hydrogen-bond acceptors (Lipinski definition) is 3. The molecule has 0 aromatic carbocycles. The zero-order valence-electron chi connectivity index (χ0n) is 12.6. The molecule has 2 N–H and O–H groups in total. The Morgan fingerprint density at radius 1 is 1.00 bits per heavy atom. The van der Waals surface area contributed by atoms with Gasteiger partial charge >= 0.3 is 0 Å². The number of aliphatic hydroxyl groups is 2. The van der Waals surface area contributed by atoms with Crippen LogP contribution in [0.2, 0.25) is 0 Å². The second-order valence-electron chi connectivity index (χ2n) is 7.02. The summed E-state index contributed by atoms with van der Waals surface area (Å²) in [6.07, 6.45) is 5.73. The average Bonchev–Trinajstić information content (AvgIpc) is 2.33. The van der Waals surface area contributed by atoms with Crippen molar-refractivity contribution in [2.24, 2.45) is 10.8 Å². The molecule has 1 rings (SSSR count). The van der Waals surface area contributed by atoms with Gasteiger partial charge in [0, 0.05) is 10.8 Å². The van der Waals surface area contributed by atoms with Gasteiger partial charge in [-0.2, -0.15) is 0 Å². The molecule has 0 heterocycles. The molecule has 0 spiro atoms. The summed E-state index contributed by atoms with van der Waals surface area (Å²) in [6, 6.07) is 0. The van der Waals surface area contributed by atoms with Gasteiger partial charge in [-0.15, -0.1) is 0 Å². The van der Waals surface area contributed by atoms with Crippen LogP contribution in [0.15, 0.2) is 12.2 Å². The summed E-state index contributed by atoms with van der Waals surface area (Å²) in [4.78, 5) is 12.6. The summed E-state index contributed by atoms with van der Waals surface area (Å²) in [5.41, 5.74) is -0.833. The maximum atomic E-state index is 12.6. The Morgan fingerprint density at radius 3 is 2.21 bits per heavy atom. The minimum absolute atomic E-state index is 0.229. The topological polar surface area (TPSA) is 57.5 Å². The normalized spacial score (nSPS) is 34.1. The summed E-state index contributed by atoms with van der Waals surface area (Å²) in [7, 11) is 0. The largest absolute Gasteiger partial charge is 0.390 e. The predicted molar refractivity (Wildman–Crippen MR) is 76.8 cm³/mol. The summed E-state index contributed by atoms with van der Waals surface area (Å²) < 4.78 is 0. The van der Waals surface area contributed by atoms with E-state index < -0.39 is 17.6 Å². The monoisotopic (exact) mass is 268 g/mol.